The van der Waals surface area contributed by atoms with Crippen LogP contribution in [0.1, 0.15) is 6.92 Å². The Morgan fingerprint density at radius 2 is 1.56 bits per heavy atom. The van der Waals surface area contributed by atoms with Crippen molar-refractivity contribution < 1.29 is 21.6 Å². The molecule has 0 saturated heterocycles. The van der Waals surface area contributed by atoms with Crippen molar-refractivity contribution in [1.29, 1.82) is 0 Å². The fourth-order valence-corrected chi connectivity index (χ4v) is 2.72. The largest absolute Gasteiger partial charge is 0.492 e. The van der Waals surface area contributed by atoms with Gasteiger partial charge in [-0.15, -0.1) is 0 Å². The number of hydrogen-bond acceptors (Lipinski definition) is 6. The second-order valence-corrected chi connectivity index (χ2v) is 6.42. The number of primary sulfonamides is 2. The zero-order valence-electron chi connectivity index (χ0n) is 9.45. The number of benzene rings is 1. The van der Waals surface area contributed by atoms with Gasteiger partial charge in [0.05, 0.1) is 12.3 Å². The van der Waals surface area contributed by atoms with E-state index in [9.17, 15) is 16.8 Å². The monoisotopic (exact) mass is 295 g/mol. The van der Waals surface area contributed by atoms with Gasteiger partial charge in [0, 0.05) is 6.07 Å². The maximum atomic E-state index is 11.3. The Hall–Kier alpha value is -1.36. The molecule has 0 aliphatic carbocycles. The minimum absolute atomic E-state index is 0.120. The lowest BCUT2D eigenvalue weighted by molar-refractivity contribution is 0.331. The second-order valence-electron chi connectivity index (χ2n) is 3.36. The third-order valence-electron chi connectivity index (χ3n) is 1.99. The number of anilines is 1. The van der Waals surface area contributed by atoms with Crippen molar-refractivity contribution in [2.24, 2.45) is 10.3 Å². The second kappa shape index (κ2) is 4.72. The molecule has 0 bridgehead atoms. The summed E-state index contributed by atoms with van der Waals surface area (Å²) in [6.45, 7) is 1.79. The molecule has 0 amide bonds. The van der Waals surface area contributed by atoms with Crippen LogP contribution in [0.5, 0.6) is 5.75 Å². The van der Waals surface area contributed by atoms with Gasteiger partial charge in [-0.2, -0.15) is 0 Å². The van der Waals surface area contributed by atoms with E-state index < -0.39 is 29.8 Å². The van der Waals surface area contributed by atoms with Crippen LogP contribution in [0.4, 0.5) is 5.69 Å². The van der Waals surface area contributed by atoms with Crippen LogP contribution in [-0.4, -0.2) is 23.4 Å². The van der Waals surface area contributed by atoms with E-state index in [0.29, 0.717) is 0 Å². The number of nitrogen functional groups attached to an aromatic ring is 1. The van der Waals surface area contributed by atoms with Crippen LogP contribution >= 0.6 is 0 Å². The van der Waals surface area contributed by atoms with E-state index in [1.54, 1.807) is 6.92 Å². The Labute approximate surface area is 105 Å². The number of ether oxygens (including phenoxy) is 1. The molecule has 0 atom stereocenters. The van der Waals surface area contributed by atoms with Gasteiger partial charge in [0.2, 0.25) is 20.0 Å². The van der Waals surface area contributed by atoms with Crippen molar-refractivity contribution in [2.45, 2.75) is 16.7 Å². The summed E-state index contributed by atoms with van der Waals surface area (Å²) in [6.07, 6.45) is 0. The van der Waals surface area contributed by atoms with E-state index in [1.165, 1.54) is 0 Å². The maximum absolute atomic E-state index is 11.3. The SMILES string of the molecule is CCOc1cc(N)c(S(N)(=O)=O)cc1S(N)(=O)=O. The highest BCUT2D eigenvalue weighted by molar-refractivity contribution is 7.90. The first-order valence-electron chi connectivity index (χ1n) is 4.69. The topological polar surface area (TPSA) is 156 Å². The third kappa shape index (κ3) is 3.10. The van der Waals surface area contributed by atoms with Gasteiger partial charge in [0.1, 0.15) is 15.5 Å². The molecule has 102 valence electrons. The molecule has 0 radical (unpaired) electrons. The Balaban J connectivity index is 3.67. The first-order valence-corrected chi connectivity index (χ1v) is 7.78. The molecular weight excluding hydrogens is 282 g/mol. The summed E-state index contributed by atoms with van der Waals surface area (Å²) in [5, 5.41) is 9.88. The summed E-state index contributed by atoms with van der Waals surface area (Å²) in [4.78, 5) is -1.00. The molecule has 0 fully saturated rings. The van der Waals surface area contributed by atoms with Gasteiger partial charge >= 0.3 is 0 Å². The molecule has 0 aromatic heterocycles. The third-order valence-corrected chi connectivity index (χ3v) is 3.89. The lowest BCUT2D eigenvalue weighted by Crippen LogP contribution is -2.18. The van der Waals surface area contributed by atoms with Gasteiger partial charge in [-0.1, -0.05) is 0 Å². The smallest absolute Gasteiger partial charge is 0.241 e. The number of sulfonamides is 2. The summed E-state index contributed by atoms with van der Waals surface area (Å²) >= 11 is 0. The Bertz CT molecular complexity index is 666. The molecular formula is C8H13N3O5S2. The van der Waals surface area contributed by atoms with Crippen molar-refractivity contribution in [3.05, 3.63) is 12.1 Å². The average Bonchev–Trinajstić information content (AvgIpc) is 2.13. The van der Waals surface area contributed by atoms with Crippen molar-refractivity contribution in [2.75, 3.05) is 12.3 Å². The summed E-state index contributed by atoms with van der Waals surface area (Å²) in [5.41, 5.74) is 5.26. The molecule has 6 N–H and O–H groups in total. The Kier molecular flexibility index (Phi) is 3.86. The van der Waals surface area contributed by atoms with Crippen LogP contribution in [0.25, 0.3) is 0 Å². The number of rotatable bonds is 4. The molecule has 8 nitrogen and oxygen atoms in total. The van der Waals surface area contributed by atoms with Crippen LogP contribution in [0.15, 0.2) is 21.9 Å². The van der Waals surface area contributed by atoms with Gasteiger partial charge in [-0.3, -0.25) is 0 Å². The Morgan fingerprint density at radius 1 is 1.06 bits per heavy atom. The summed E-state index contributed by atoms with van der Waals surface area (Å²) in [5.74, 6) is -0.120. The predicted molar refractivity (Wildman–Crippen MR) is 64.8 cm³/mol. The molecule has 10 heteroatoms. The molecule has 0 spiro atoms. The zero-order valence-corrected chi connectivity index (χ0v) is 11.1. The number of nitrogens with two attached hydrogens (primary N) is 3. The van der Waals surface area contributed by atoms with E-state index >= 15 is 0 Å². The average molecular weight is 295 g/mol. The van der Waals surface area contributed by atoms with E-state index in [4.69, 9.17) is 20.7 Å². The van der Waals surface area contributed by atoms with Crippen LogP contribution < -0.4 is 20.7 Å². The fourth-order valence-electron chi connectivity index (χ4n) is 1.29. The molecule has 0 aliphatic heterocycles. The molecule has 0 heterocycles. The highest BCUT2D eigenvalue weighted by Crippen LogP contribution is 2.30. The number of hydrogen-bond donors (Lipinski definition) is 3. The van der Waals surface area contributed by atoms with E-state index in [1.807, 2.05) is 0 Å². The molecule has 1 rings (SSSR count). The minimum atomic E-state index is -4.16. The quantitative estimate of drug-likeness (QED) is 0.602. The maximum Gasteiger partial charge on any atom is 0.241 e. The minimum Gasteiger partial charge on any atom is -0.492 e. The highest BCUT2D eigenvalue weighted by Gasteiger charge is 2.22. The van der Waals surface area contributed by atoms with Gasteiger partial charge in [0.25, 0.3) is 0 Å². The van der Waals surface area contributed by atoms with Crippen LogP contribution in [0.3, 0.4) is 0 Å². The molecule has 0 saturated carbocycles. The van der Waals surface area contributed by atoms with E-state index in [0.717, 1.165) is 12.1 Å². The predicted octanol–water partition coefficient (Wildman–Crippen LogP) is -1.04. The molecule has 0 unspecified atom stereocenters. The highest BCUT2D eigenvalue weighted by atomic mass is 32.2. The lowest BCUT2D eigenvalue weighted by atomic mass is 10.3. The fraction of sp³-hybridized carbons (Fsp3) is 0.250. The van der Waals surface area contributed by atoms with Crippen LogP contribution in [0, 0.1) is 0 Å². The standard InChI is InChI=1S/C8H13N3O5S2/c1-2-16-6-3-5(9)7(17(10,12)13)4-8(6)18(11,14)15/h3-4H,2,9H2,1H3,(H2,10,12,13)(H2,11,14,15). The van der Waals surface area contributed by atoms with Gasteiger partial charge in [0.15, 0.2) is 0 Å². The van der Waals surface area contributed by atoms with Gasteiger partial charge in [-0.05, 0) is 13.0 Å². The van der Waals surface area contributed by atoms with Crippen LogP contribution in [-0.2, 0) is 20.0 Å². The first kappa shape index (κ1) is 14.7. The van der Waals surface area contributed by atoms with Crippen molar-refractivity contribution in [3.63, 3.8) is 0 Å². The summed E-state index contributed by atoms with van der Waals surface area (Å²) in [7, 11) is -8.30. The van der Waals surface area contributed by atoms with Crippen molar-refractivity contribution in [3.8, 4) is 5.75 Å². The van der Waals surface area contributed by atoms with Gasteiger partial charge < -0.3 is 10.5 Å². The normalized spacial score (nSPS) is 12.4. The molecule has 0 aliphatic rings. The molecule has 18 heavy (non-hydrogen) atoms. The van der Waals surface area contributed by atoms with Crippen molar-refractivity contribution >= 4 is 25.7 Å². The van der Waals surface area contributed by atoms with E-state index in [-0.39, 0.29) is 18.0 Å². The van der Waals surface area contributed by atoms with Crippen LogP contribution in [0.2, 0.25) is 0 Å². The summed E-state index contributed by atoms with van der Waals surface area (Å²) in [6, 6.07) is 1.84. The molecule has 1 aromatic rings. The van der Waals surface area contributed by atoms with Gasteiger partial charge in [-0.25, -0.2) is 27.1 Å². The summed E-state index contributed by atoms with van der Waals surface area (Å²) < 4.78 is 50.2. The zero-order chi connectivity index (χ0) is 14.1. The van der Waals surface area contributed by atoms with Crippen molar-refractivity contribution in [1.82, 2.24) is 0 Å². The van der Waals surface area contributed by atoms with E-state index in [2.05, 4.69) is 0 Å². The first-order chi connectivity index (χ1) is 8.07. The molecule has 1 aromatic carbocycles. The lowest BCUT2D eigenvalue weighted by Gasteiger charge is -2.12. The Morgan fingerprint density at radius 3 is 1.94 bits per heavy atom.